The molecule has 0 aliphatic carbocycles. The fourth-order valence-electron chi connectivity index (χ4n) is 1.74. The largest absolute Gasteiger partial charge is 0.478 e. The summed E-state index contributed by atoms with van der Waals surface area (Å²) in [5, 5.41) is 18.6. The van der Waals surface area contributed by atoms with Crippen LogP contribution in [-0.4, -0.2) is 11.1 Å². The van der Waals surface area contributed by atoms with Crippen molar-refractivity contribution in [1.82, 2.24) is 0 Å². The van der Waals surface area contributed by atoms with E-state index in [0.29, 0.717) is 16.3 Å². The molecule has 0 aromatic heterocycles. The fraction of sp³-hybridized carbons (Fsp3) is 0.0667. The van der Waals surface area contributed by atoms with Crippen LogP contribution in [0, 0.1) is 18.3 Å². The van der Waals surface area contributed by atoms with E-state index in [4.69, 9.17) is 26.7 Å². The summed E-state index contributed by atoms with van der Waals surface area (Å²) in [7, 11) is 0. The van der Waals surface area contributed by atoms with Crippen LogP contribution in [0.1, 0.15) is 21.5 Å². The molecule has 0 spiro atoms. The molecule has 2 aromatic rings. The molecule has 0 saturated heterocycles. The van der Waals surface area contributed by atoms with Crippen molar-refractivity contribution in [3.05, 3.63) is 58.1 Å². The highest BCUT2D eigenvalue weighted by Gasteiger charge is 2.15. The molecule has 1 N–H and O–H groups in total. The van der Waals surface area contributed by atoms with E-state index in [1.54, 1.807) is 25.1 Å². The van der Waals surface area contributed by atoms with Crippen LogP contribution < -0.4 is 4.74 Å². The lowest BCUT2D eigenvalue weighted by Gasteiger charge is -2.12. The number of ether oxygens (including phenoxy) is 1. The van der Waals surface area contributed by atoms with Gasteiger partial charge in [0.1, 0.15) is 23.1 Å². The van der Waals surface area contributed by atoms with Crippen LogP contribution in [-0.2, 0) is 0 Å². The second-order valence-electron chi connectivity index (χ2n) is 4.11. The second-order valence-corrected chi connectivity index (χ2v) is 4.55. The van der Waals surface area contributed by atoms with Crippen molar-refractivity contribution in [2.45, 2.75) is 6.92 Å². The Kier molecular flexibility index (Phi) is 3.92. The van der Waals surface area contributed by atoms with Crippen molar-refractivity contribution in [3.63, 3.8) is 0 Å². The first-order valence-corrected chi connectivity index (χ1v) is 6.11. The zero-order valence-corrected chi connectivity index (χ0v) is 11.3. The summed E-state index contributed by atoms with van der Waals surface area (Å²) < 4.78 is 5.62. The molecule has 0 unspecified atom stereocenters. The Morgan fingerprint density at radius 1 is 1.35 bits per heavy atom. The van der Waals surface area contributed by atoms with Gasteiger partial charge in [0.15, 0.2) is 0 Å². The van der Waals surface area contributed by atoms with Gasteiger partial charge in [-0.05, 0) is 30.7 Å². The number of carboxylic acids is 1. The van der Waals surface area contributed by atoms with Crippen molar-refractivity contribution in [3.8, 4) is 17.6 Å². The molecule has 0 fully saturated rings. The molecule has 5 heteroatoms. The Hall–Kier alpha value is -2.51. The maximum Gasteiger partial charge on any atom is 0.339 e. The molecule has 2 rings (SSSR count). The molecule has 100 valence electrons. The third-order valence-corrected chi connectivity index (χ3v) is 2.95. The monoisotopic (exact) mass is 287 g/mol. The van der Waals surface area contributed by atoms with Gasteiger partial charge in [0.25, 0.3) is 0 Å². The summed E-state index contributed by atoms with van der Waals surface area (Å²) in [6.07, 6.45) is 0. The highest BCUT2D eigenvalue weighted by Crippen LogP contribution is 2.32. The van der Waals surface area contributed by atoms with E-state index in [2.05, 4.69) is 0 Å². The average Bonchev–Trinajstić information content (AvgIpc) is 2.40. The standard InChI is InChI=1S/C15H10ClNO3/c1-9-3-2-4-10(8-17)14(9)20-13-7-11(16)5-6-12(13)15(18)19/h2-7H,1H3,(H,18,19). The van der Waals surface area contributed by atoms with E-state index in [0.717, 1.165) is 5.56 Å². The summed E-state index contributed by atoms with van der Waals surface area (Å²) in [5.74, 6) is -0.681. The van der Waals surface area contributed by atoms with E-state index < -0.39 is 5.97 Å². The molecule has 0 amide bonds. The Morgan fingerprint density at radius 3 is 2.75 bits per heavy atom. The lowest BCUT2D eigenvalue weighted by atomic mass is 10.1. The lowest BCUT2D eigenvalue weighted by Crippen LogP contribution is -2.01. The van der Waals surface area contributed by atoms with E-state index in [-0.39, 0.29) is 11.3 Å². The maximum absolute atomic E-state index is 11.2. The van der Waals surface area contributed by atoms with Crippen LogP contribution >= 0.6 is 11.6 Å². The van der Waals surface area contributed by atoms with Gasteiger partial charge in [0.05, 0.1) is 5.56 Å². The fourth-order valence-corrected chi connectivity index (χ4v) is 1.91. The van der Waals surface area contributed by atoms with E-state index >= 15 is 0 Å². The zero-order valence-electron chi connectivity index (χ0n) is 10.6. The van der Waals surface area contributed by atoms with E-state index in [1.807, 2.05) is 6.07 Å². The SMILES string of the molecule is Cc1cccc(C#N)c1Oc1cc(Cl)ccc1C(=O)O. The highest BCUT2D eigenvalue weighted by molar-refractivity contribution is 6.30. The average molecular weight is 288 g/mol. The van der Waals surface area contributed by atoms with Crippen molar-refractivity contribution in [2.75, 3.05) is 0 Å². The van der Waals surface area contributed by atoms with Crippen LogP contribution in [0.4, 0.5) is 0 Å². The predicted octanol–water partition coefficient (Wildman–Crippen LogP) is 4.01. The number of hydrogen-bond donors (Lipinski definition) is 1. The number of para-hydroxylation sites is 1. The molecule has 0 atom stereocenters. The van der Waals surface area contributed by atoms with Crippen molar-refractivity contribution < 1.29 is 14.6 Å². The third kappa shape index (κ3) is 2.73. The zero-order chi connectivity index (χ0) is 14.7. The van der Waals surface area contributed by atoms with Crippen LogP contribution in [0.25, 0.3) is 0 Å². The van der Waals surface area contributed by atoms with Gasteiger partial charge in [-0.25, -0.2) is 4.79 Å². The highest BCUT2D eigenvalue weighted by atomic mass is 35.5. The molecular formula is C15H10ClNO3. The quantitative estimate of drug-likeness (QED) is 0.926. The van der Waals surface area contributed by atoms with Crippen LogP contribution in [0.15, 0.2) is 36.4 Å². The number of benzene rings is 2. The number of halogens is 1. The van der Waals surface area contributed by atoms with Gasteiger partial charge in [-0.1, -0.05) is 23.7 Å². The minimum absolute atomic E-state index is 0.0125. The Balaban J connectivity index is 2.53. The number of nitrogens with zero attached hydrogens (tertiary/aromatic N) is 1. The summed E-state index contributed by atoms with van der Waals surface area (Å²) in [6, 6.07) is 11.4. The van der Waals surface area contributed by atoms with Gasteiger partial charge in [-0.15, -0.1) is 0 Å². The van der Waals surface area contributed by atoms with E-state index in [1.165, 1.54) is 18.2 Å². The maximum atomic E-state index is 11.2. The molecule has 20 heavy (non-hydrogen) atoms. The van der Waals surface area contributed by atoms with Crippen LogP contribution in [0.3, 0.4) is 0 Å². The van der Waals surface area contributed by atoms with Gasteiger partial charge in [0, 0.05) is 11.1 Å². The molecular weight excluding hydrogens is 278 g/mol. The predicted molar refractivity (Wildman–Crippen MR) is 74.4 cm³/mol. The number of aromatic carboxylic acids is 1. The second kappa shape index (κ2) is 5.64. The van der Waals surface area contributed by atoms with Crippen molar-refractivity contribution in [1.29, 1.82) is 5.26 Å². The van der Waals surface area contributed by atoms with Gasteiger partial charge >= 0.3 is 5.97 Å². The van der Waals surface area contributed by atoms with Crippen molar-refractivity contribution in [2.24, 2.45) is 0 Å². The first kappa shape index (κ1) is 13.9. The molecule has 0 saturated carbocycles. The van der Waals surface area contributed by atoms with E-state index in [9.17, 15) is 4.79 Å². The molecule has 0 radical (unpaired) electrons. The van der Waals surface area contributed by atoms with Crippen molar-refractivity contribution >= 4 is 17.6 Å². The first-order valence-electron chi connectivity index (χ1n) is 5.73. The summed E-state index contributed by atoms with van der Waals surface area (Å²) >= 11 is 5.86. The molecule has 4 nitrogen and oxygen atoms in total. The van der Waals surface area contributed by atoms with Crippen LogP contribution in [0.5, 0.6) is 11.5 Å². The summed E-state index contributed by atoms with van der Waals surface area (Å²) in [4.78, 5) is 11.2. The topological polar surface area (TPSA) is 70.3 Å². The molecule has 0 heterocycles. The minimum atomic E-state index is -1.12. The van der Waals surface area contributed by atoms with Gasteiger partial charge < -0.3 is 9.84 Å². The lowest BCUT2D eigenvalue weighted by molar-refractivity contribution is 0.0694. The smallest absolute Gasteiger partial charge is 0.339 e. The van der Waals surface area contributed by atoms with Gasteiger partial charge in [-0.3, -0.25) is 0 Å². The number of rotatable bonds is 3. The van der Waals surface area contributed by atoms with Gasteiger partial charge in [-0.2, -0.15) is 5.26 Å². The first-order chi connectivity index (χ1) is 9.52. The molecule has 0 aliphatic heterocycles. The minimum Gasteiger partial charge on any atom is -0.478 e. The number of hydrogen-bond acceptors (Lipinski definition) is 3. The Bertz CT molecular complexity index is 720. The number of nitriles is 1. The molecule has 0 aliphatic rings. The Morgan fingerprint density at radius 2 is 2.10 bits per heavy atom. The third-order valence-electron chi connectivity index (χ3n) is 2.72. The normalized spacial score (nSPS) is 9.85. The van der Waals surface area contributed by atoms with Gasteiger partial charge in [0.2, 0.25) is 0 Å². The number of carboxylic acid groups (broad SMARTS) is 1. The Labute approximate surface area is 120 Å². The number of carbonyl (C=O) groups is 1. The summed E-state index contributed by atoms with van der Waals surface area (Å²) in [5.41, 5.74) is 1.06. The van der Waals surface area contributed by atoms with Crippen LogP contribution in [0.2, 0.25) is 5.02 Å². The summed E-state index contributed by atoms with van der Waals surface area (Å²) in [6.45, 7) is 1.78. The molecule has 0 bridgehead atoms. The molecule has 2 aromatic carbocycles. The number of aryl methyl sites for hydroxylation is 1.